The third-order valence-corrected chi connectivity index (χ3v) is 3.72. The van der Waals surface area contributed by atoms with Crippen LogP contribution < -0.4 is 10.6 Å². The van der Waals surface area contributed by atoms with Crippen molar-refractivity contribution < 1.29 is 4.79 Å². The van der Waals surface area contributed by atoms with Crippen LogP contribution in [0.4, 0.5) is 11.5 Å². The Hall–Kier alpha value is -3.21. The van der Waals surface area contributed by atoms with E-state index in [1.165, 1.54) is 0 Å². The Morgan fingerprint density at radius 3 is 2.36 bits per heavy atom. The van der Waals surface area contributed by atoms with E-state index in [4.69, 9.17) is 0 Å². The summed E-state index contributed by atoms with van der Waals surface area (Å²) in [6.07, 6.45) is 0. The molecule has 126 valence electrons. The molecule has 5 nitrogen and oxygen atoms in total. The summed E-state index contributed by atoms with van der Waals surface area (Å²) in [5.41, 5.74) is 4.61. The minimum atomic E-state index is -0.240. The molecule has 0 atom stereocenters. The van der Waals surface area contributed by atoms with Crippen LogP contribution in [0.15, 0.2) is 60.7 Å². The van der Waals surface area contributed by atoms with Crippen LogP contribution in [0.2, 0.25) is 0 Å². The van der Waals surface area contributed by atoms with Gasteiger partial charge in [0, 0.05) is 12.2 Å². The van der Waals surface area contributed by atoms with Gasteiger partial charge in [0.05, 0.1) is 0 Å². The summed E-state index contributed by atoms with van der Waals surface area (Å²) in [6, 6.07) is 19.4. The van der Waals surface area contributed by atoms with Crippen molar-refractivity contribution in [3.63, 3.8) is 0 Å². The fourth-order valence-electron chi connectivity index (χ4n) is 2.49. The normalized spacial score (nSPS) is 10.3. The van der Waals surface area contributed by atoms with Gasteiger partial charge in [0.2, 0.25) is 0 Å². The van der Waals surface area contributed by atoms with E-state index in [9.17, 15) is 4.79 Å². The van der Waals surface area contributed by atoms with Gasteiger partial charge in [-0.05, 0) is 49.2 Å². The maximum atomic E-state index is 12.2. The number of nitrogens with one attached hydrogen (secondary N) is 2. The number of hydrogen-bond donors (Lipinski definition) is 2. The standard InChI is InChI=1S/C20H20N4O/c1-14-5-3-7-16(11-14)13-21-20(25)18-9-10-19(24-23-18)22-17-8-4-6-15(2)12-17/h3-12H,13H2,1-2H3,(H,21,25)(H,22,24). The molecule has 3 rings (SSSR count). The largest absolute Gasteiger partial charge is 0.347 e. The molecular formula is C20H20N4O. The van der Waals surface area contributed by atoms with Crippen LogP contribution >= 0.6 is 0 Å². The molecule has 25 heavy (non-hydrogen) atoms. The number of hydrogen-bond acceptors (Lipinski definition) is 4. The average molecular weight is 332 g/mol. The van der Waals surface area contributed by atoms with Crippen LogP contribution in [-0.4, -0.2) is 16.1 Å². The Bertz CT molecular complexity index is 875. The van der Waals surface area contributed by atoms with E-state index in [2.05, 4.69) is 20.8 Å². The van der Waals surface area contributed by atoms with E-state index in [-0.39, 0.29) is 5.91 Å². The molecule has 0 saturated carbocycles. The highest BCUT2D eigenvalue weighted by atomic mass is 16.1. The predicted molar refractivity (Wildman–Crippen MR) is 98.8 cm³/mol. The fourth-order valence-corrected chi connectivity index (χ4v) is 2.49. The number of carbonyl (C=O) groups excluding carboxylic acids is 1. The quantitative estimate of drug-likeness (QED) is 0.746. The predicted octanol–water partition coefficient (Wildman–Crippen LogP) is 3.77. The third-order valence-electron chi connectivity index (χ3n) is 3.72. The zero-order valence-corrected chi connectivity index (χ0v) is 14.3. The van der Waals surface area contributed by atoms with Gasteiger partial charge in [-0.15, -0.1) is 10.2 Å². The van der Waals surface area contributed by atoms with Gasteiger partial charge in [-0.3, -0.25) is 4.79 Å². The van der Waals surface area contributed by atoms with Gasteiger partial charge in [-0.1, -0.05) is 42.0 Å². The van der Waals surface area contributed by atoms with Crippen molar-refractivity contribution in [3.8, 4) is 0 Å². The first kappa shape index (κ1) is 16.6. The van der Waals surface area contributed by atoms with Gasteiger partial charge < -0.3 is 10.6 Å². The van der Waals surface area contributed by atoms with Crippen molar-refractivity contribution in [2.24, 2.45) is 0 Å². The first-order valence-electron chi connectivity index (χ1n) is 8.11. The van der Waals surface area contributed by atoms with Gasteiger partial charge in [0.1, 0.15) is 0 Å². The number of nitrogens with zero attached hydrogens (tertiary/aromatic N) is 2. The number of carbonyl (C=O) groups is 1. The summed E-state index contributed by atoms with van der Waals surface area (Å²) in [5.74, 6) is 0.358. The molecule has 0 radical (unpaired) electrons. The van der Waals surface area contributed by atoms with Crippen LogP contribution in [0.1, 0.15) is 27.2 Å². The highest BCUT2D eigenvalue weighted by Gasteiger charge is 2.08. The lowest BCUT2D eigenvalue weighted by atomic mass is 10.1. The maximum Gasteiger partial charge on any atom is 0.272 e. The lowest BCUT2D eigenvalue weighted by Crippen LogP contribution is -2.24. The summed E-state index contributed by atoms with van der Waals surface area (Å²) in [6.45, 7) is 4.51. The van der Waals surface area contributed by atoms with Crippen LogP contribution in [0.5, 0.6) is 0 Å². The Morgan fingerprint density at radius 2 is 1.68 bits per heavy atom. The first-order chi connectivity index (χ1) is 12.1. The van der Waals surface area contributed by atoms with Crippen LogP contribution in [0.25, 0.3) is 0 Å². The molecule has 0 aliphatic carbocycles. The average Bonchev–Trinajstić information content (AvgIpc) is 2.60. The highest BCUT2D eigenvalue weighted by molar-refractivity contribution is 5.92. The number of benzene rings is 2. The lowest BCUT2D eigenvalue weighted by molar-refractivity contribution is 0.0945. The maximum absolute atomic E-state index is 12.2. The Balaban J connectivity index is 1.60. The van der Waals surface area contributed by atoms with Gasteiger partial charge in [-0.25, -0.2) is 0 Å². The number of anilines is 2. The summed E-state index contributed by atoms with van der Waals surface area (Å²) < 4.78 is 0. The summed E-state index contributed by atoms with van der Waals surface area (Å²) in [7, 11) is 0. The number of rotatable bonds is 5. The van der Waals surface area contributed by atoms with Gasteiger partial charge in [0.25, 0.3) is 5.91 Å². The van der Waals surface area contributed by atoms with E-state index in [1.807, 2.05) is 62.4 Å². The van der Waals surface area contributed by atoms with Gasteiger partial charge in [-0.2, -0.15) is 0 Å². The van der Waals surface area contributed by atoms with Crippen molar-refractivity contribution in [2.75, 3.05) is 5.32 Å². The molecule has 0 bridgehead atoms. The summed E-state index contributed by atoms with van der Waals surface area (Å²) >= 11 is 0. The lowest BCUT2D eigenvalue weighted by Gasteiger charge is -2.07. The molecule has 3 aromatic rings. The second kappa shape index (κ2) is 7.57. The monoisotopic (exact) mass is 332 g/mol. The zero-order valence-electron chi connectivity index (χ0n) is 14.3. The molecule has 0 fully saturated rings. The highest BCUT2D eigenvalue weighted by Crippen LogP contribution is 2.15. The molecule has 0 unspecified atom stereocenters. The topological polar surface area (TPSA) is 66.9 Å². The van der Waals surface area contributed by atoms with Gasteiger partial charge >= 0.3 is 0 Å². The molecule has 1 heterocycles. The molecule has 1 aromatic heterocycles. The zero-order chi connectivity index (χ0) is 17.6. The minimum Gasteiger partial charge on any atom is -0.347 e. The molecule has 0 spiro atoms. The van der Waals surface area contributed by atoms with Crippen LogP contribution in [0.3, 0.4) is 0 Å². The van der Waals surface area contributed by atoms with Crippen molar-refractivity contribution in [1.82, 2.24) is 15.5 Å². The number of aromatic nitrogens is 2. The summed E-state index contributed by atoms with van der Waals surface area (Å²) in [5, 5.41) is 14.1. The Kier molecular flexibility index (Phi) is 5.04. The van der Waals surface area contributed by atoms with Crippen LogP contribution in [-0.2, 0) is 6.54 Å². The molecule has 0 aliphatic heterocycles. The molecule has 1 amide bonds. The van der Waals surface area contributed by atoms with E-state index in [0.717, 1.165) is 22.4 Å². The van der Waals surface area contributed by atoms with E-state index >= 15 is 0 Å². The molecular weight excluding hydrogens is 312 g/mol. The third kappa shape index (κ3) is 4.64. The Labute approximate surface area is 147 Å². The van der Waals surface area contributed by atoms with Crippen LogP contribution in [0, 0.1) is 13.8 Å². The molecule has 2 N–H and O–H groups in total. The van der Waals surface area contributed by atoms with Gasteiger partial charge in [0.15, 0.2) is 11.5 Å². The van der Waals surface area contributed by atoms with E-state index in [0.29, 0.717) is 18.1 Å². The van der Waals surface area contributed by atoms with Crippen molar-refractivity contribution >= 4 is 17.4 Å². The van der Waals surface area contributed by atoms with Crippen molar-refractivity contribution in [1.29, 1.82) is 0 Å². The van der Waals surface area contributed by atoms with Crippen molar-refractivity contribution in [2.45, 2.75) is 20.4 Å². The van der Waals surface area contributed by atoms with E-state index < -0.39 is 0 Å². The first-order valence-corrected chi connectivity index (χ1v) is 8.11. The van der Waals surface area contributed by atoms with E-state index in [1.54, 1.807) is 12.1 Å². The molecule has 0 saturated heterocycles. The fraction of sp³-hybridized carbons (Fsp3) is 0.150. The second-order valence-electron chi connectivity index (χ2n) is 5.97. The minimum absolute atomic E-state index is 0.240. The SMILES string of the molecule is Cc1cccc(CNC(=O)c2ccc(Nc3cccc(C)c3)nn2)c1. The second-order valence-corrected chi connectivity index (χ2v) is 5.97. The smallest absolute Gasteiger partial charge is 0.272 e. The molecule has 0 aliphatic rings. The number of amides is 1. The molecule has 5 heteroatoms. The molecule has 2 aromatic carbocycles. The van der Waals surface area contributed by atoms with Crippen molar-refractivity contribution in [3.05, 3.63) is 83.0 Å². The number of aryl methyl sites for hydroxylation is 2. The summed E-state index contributed by atoms with van der Waals surface area (Å²) in [4.78, 5) is 12.2. The Morgan fingerprint density at radius 1 is 0.920 bits per heavy atom.